The van der Waals surface area contributed by atoms with Crippen LogP contribution in [0.4, 0.5) is 0 Å². The van der Waals surface area contributed by atoms with Crippen LogP contribution in [0, 0.1) is 0 Å². The lowest BCUT2D eigenvalue weighted by Crippen LogP contribution is -2.43. The van der Waals surface area contributed by atoms with E-state index >= 15 is 0 Å². The number of nitrogens with zero attached hydrogens (tertiary/aromatic N) is 2. The molecule has 2 heterocycles. The van der Waals surface area contributed by atoms with Crippen LogP contribution in [-0.4, -0.2) is 20.6 Å². The highest BCUT2D eigenvalue weighted by atomic mass is 32.1. The Bertz CT molecular complexity index is 1230. The monoisotopic (exact) mass is 390 g/mol. The third kappa shape index (κ3) is 2.92. The lowest BCUT2D eigenvalue weighted by molar-refractivity contribution is -0.145. The van der Waals surface area contributed by atoms with E-state index in [1.54, 1.807) is 6.07 Å². The second-order valence-corrected chi connectivity index (χ2v) is 8.03. The van der Waals surface area contributed by atoms with Crippen LogP contribution in [-0.2, 0) is 10.3 Å². The number of rotatable bonds is 4. The van der Waals surface area contributed by atoms with Crippen molar-refractivity contribution in [3.63, 3.8) is 0 Å². The summed E-state index contributed by atoms with van der Waals surface area (Å²) in [5, 5.41) is 10.2. The molecule has 0 spiro atoms. The minimum atomic E-state index is -1.45. The van der Waals surface area contributed by atoms with Crippen LogP contribution in [0.1, 0.15) is 13.8 Å². The summed E-state index contributed by atoms with van der Waals surface area (Å²) in [5.41, 5.74) is -0.103. The Hall–Kier alpha value is -3.25. The maximum atomic E-state index is 13.4. The Morgan fingerprint density at radius 2 is 1.57 bits per heavy atom. The highest BCUT2D eigenvalue weighted by Crippen LogP contribution is 2.33. The molecule has 28 heavy (non-hydrogen) atoms. The summed E-state index contributed by atoms with van der Waals surface area (Å²) in [4.78, 5) is 31.6. The number of aliphatic carboxylic acids is 1. The number of carboxylic acids is 1. The molecule has 2 aromatic heterocycles. The van der Waals surface area contributed by atoms with E-state index < -0.39 is 11.5 Å². The molecule has 2 aromatic carbocycles. The first-order valence-corrected chi connectivity index (χ1v) is 9.62. The van der Waals surface area contributed by atoms with Crippen LogP contribution in [0.5, 0.6) is 0 Å². The van der Waals surface area contributed by atoms with Gasteiger partial charge in [0.2, 0.25) is 0 Å². The average Bonchev–Trinajstić information content (AvgIpc) is 3.13. The van der Waals surface area contributed by atoms with Crippen molar-refractivity contribution in [2.45, 2.75) is 19.4 Å². The maximum Gasteiger partial charge on any atom is 0.329 e. The van der Waals surface area contributed by atoms with Crippen molar-refractivity contribution < 1.29 is 9.90 Å². The fourth-order valence-corrected chi connectivity index (χ4v) is 4.15. The Labute approximate surface area is 165 Å². The molecular weight excluding hydrogens is 372 g/mol. The Morgan fingerprint density at radius 1 is 1.00 bits per heavy atom. The van der Waals surface area contributed by atoms with Crippen molar-refractivity contribution in [2.75, 3.05) is 0 Å². The van der Waals surface area contributed by atoms with Gasteiger partial charge in [0.05, 0.1) is 5.39 Å². The van der Waals surface area contributed by atoms with Gasteiger partial charge < -0.3 is 5.11 Å². The first kappa shape index (κ1) is 18.1. The zero-order valence-corrected chi connectivity index (χ0v) is 16.2. The molecule has 4 aromatic rings. The molecule has 0 unspecified atom stereocenters. The van der Waals surface area contributed by atoms with E-state index in [0.29, 0.717) is 21.6 Å². The van der Waals surface area contributed by atoms with Crippen molar-refractivity contribution in [3.05, 3.63) is 77.1 Å². The van der Waals surface area contributed by atoms with Gasteiger partial charge in [0.1, 0.15) is 16.2 Å². The lowest BCUT2D eigenvalue weighted by atomic mass is 10.0. The summed E-state index contributed by atoms with van der Waals surface area (Å²) in [7, 11) is 0. The second-order valence-electron chi connectivity index (χ2n) is 7.00. The summed E-state index contributed by atoms with van der Waals surface area (Å²) >= 11 is 1.43. The molecule has 0 bridgehead atoms. The molecule has 0 atom stereocenters. The highest BCUT2D eigenvalue weighted by molar-refractivity contribution is 7.21. The number of hydrogen-bond acceptors (Lipinski definition) is 4. The number of benzene rings is 2. The van der Waals surface area contributed by atoms with Crippen molar-refractivity contribution in [1.82, 2.24) is 9.55 Å². The van der Waals surface area contributed by atoms with E-state index in [4.69, 9.17) is 4.98 Å². The van der Waals surface area contributed by atoms with Gasteiger partial charge in [-0.1, -0.05) is 60.7 Å². The predicted octanol–water partition coefficient (Wildman–Crippen LogP) is 4.61. The third-order valence-electron chi connectivity index (χ3n) is 4.74. The van der Waals surface area contributed by atoms with Gasteiger partial charge >= 0.3 is 5.97 Å². The van der Waals surface area contributed by atoms with Crippen molar-refractivity contribution in [1.29, 1.82) is 0 Å². The van der Waals surface area contributed by atoms with Crippen LogP contribution >= 0.6 is 11.3 Å². The molecule has 140 valence electrons. The van der Waals surface area contributed by atoms with E-state index in [1.807, 2.05) is 60.7 Å². The summed E-state index contributed by atoms with van der Waals surface area (Å²) < 4.78 is 1.29. The van der Waals surface area contributed by atoms with E-state index in [-0.39, 0.29) is 5.56 Å². The van der Waals surface area contributed by atoms with Gasteiger partial charge in [-0.15, -0.1) is 11.3 Å². The zero-order chi connectivity index (χ0) is 19.9. The standard InChI is InChI=1S/C22H18N2O3S/c1-22(2,21(26)27)24-18(15-11-7-4-8-12-15)23-19-16(20(24)25)13-17(28-19)14-9-5-3-6-10-14/h3-13H,1-2H3,(H,26,27). The molecule has 0 fully saturated rings. The summed E-state index contributed by atoms with van der Waals surface area (Å²) in [5.74, 6) is -0.738. The molecule has 0 amide bonds. The van der Waals surface area contributed by atoms with Gasteiger partial charge in [0, 0.05) is 10.4 Å². The van der Waals surface area contributed by atoms with Crippen LogP contribution in [0.25, 0.3) is 32.0 Å². The van der Waals surface area contributed by atoms with Crippen LogP contribution in [0.3, 0.4) is 0 Å². The molecule has 0 saturated heterocycles. The SMILES string of the molecule is CC(C)(C(=O)O)n1c(-c2ccccc2)nc2sc(-c3ccccc3)cc2c1=O. The van der Waals surface area contributed by atoms with Gasteiger partial charge in [-0.25, -0.2) is 9.78 Å². The predicted molar refractivity (Wildman–Crippen MR) is 112 cm³/mol. The second kappa shape index (κ2) is 6.73. The third-order valence-corrected chi connectivity index (χ3v) is 5.82. The summed E-state index contributed by atoms with van der Waals surface area (Å²) in [6, 6.07) is 20.8. The minimum Gasteiger partial charge on any atom is -0.480 e. The average molecular weight is 390 g/mol. The molecule has 1 N–H and O–H groups in total. The molecule has 5 nitrogen and oxygen atoms in total. The molecule has 4 rings (SSSR count). The largest absolute Gasteiger partial charge is 0.480 e. The van der Waals surface area contributed by atoms with Gasteiger partial charge in [-0.3, -0.25) is 9.36 Å². The summed E-state index contributed by atoms with van der Waals surface area (Å²) in [6.07, 6.45) is 0. The van der Waals surface area contributed by atoms with Gasteiger partial charge in [-0.2, -0.15) is 0 Å². The minimum absolute atomic E-state index is 0.352. The van der Waals surface area contributed by atoms with Gasteiger partial charge in [0.15, 0.2) is 0 Å². The van der Waals surface area contributed by atoms with Crippen LogP contribution < -0.4 is 5.56 Å². The van der Waals surface area contributed by atoms with Crippen molar-refractivity contribution >= 4 is 27.5 Å². The van der Waals surface area contributed by atoms with Gasteiger partial charge in [0.25, 0.3) is 5.56 Å². The number of thiophene rings is 1. The highest BCUT2D eigenvalue weighted by Gasteiger charge is 2.34. The molecule has 0 saturated carbocycles. The van der Waals surface area contributed by atoms with E-state index in [9.17, 15) is 14.7 Å². The Morgan fingerprint density at radius 3 is 2.14 bits per heavy atom. The zero-order valence-electron chi connectivity index (χ0n) is 15.4. The Balaban J connectivity index is 2.06. The molecule has 0 aliphatic carbocycles. The molecule has 0 radical (unpaired) electrons. The van der Waals surface area contributed by atoms with Crippen molar-refractivity contribution in [2.24, 2.45) is 0 Å². The van der Waals surface area contributed by atoms with E-state index in [1.165, 1.54) is 29.8 Å². The normalized spacial score (nSPS) is 11.6. The number of carbonyl (C=O) groups is 1. The quantitative estimate of drug-likeness (QED) is 0.552. The fourth-order valence-electron chi connectivity index (χ4n) is 3.12. The number of fused-ring (bicyclic) bond motifs is 1. The topological polar surface area (TPSA) is 72.2 Å². The maximum absolute atomic E-state index is 13.4. The molecule has 6 heteroatoms. The van der Waals surface area contributed by atoms with Crippen LogP contribution in [0.2, 0.25) is 0 Å². The lowest BCUT2D eigenvalue weighted by Gasteiger charge is -2.25. The van der Waals surface area contributed by atoms with E-state index in [2.05, 4.69) is 0 Å². The summed E-state index contributed by atoms with van der Waals surface area (Å²) in [6.45, 7) is 3.03. The molecular formula is C22H18N2O3S. The van der Waals surface area contributed by atoms with Crippen LogP contribution in [0.15, 0.2) is 71.5 Å². The number of carboxylic acid groups (broad SMARTS) is 1. The smallest absolute Gasteiger partial charge is 0.329 e. The number of hydrogen-bond donors (Lipinski definition) is 1. The fraction of sp³-hybridized carbons (Fsp3) is 0.136. The first-order valence-electron chi connectivity index (χ1n) is 8.81. The van der Waals surface area contributed by atoms with Crippen molar-refractivity contribution in [3.8, 4) is 21.8 Å². The Kier molecular flexibility index (Phi) is 4.35. The first-order chi connectivity index (χ1) is 13.4. The number of aromatic nitrogens is 2. The van der Waals surface area contributed by atoms with Gasteiger partial charge in [-0.05, 0) is 25.5 Å². The molecule has 0 aliphatic rings. The van der Waals surface area contributed by atoms with E-state index in [0.717, 1.165) is 10.4 Å². The molecule has 0 aliphatic heterocycles.